The van der Waals surface area contributed by atoms with Crippen LogP contribution >= 0.6 is 0 Å². The first kappa shape index (κ1) is 15.1. The molecule has 0 amide bonds. The molecular formula is C19H30O3. The number of fused-ring (bicyclic) bond motifs is 5. The highest BCUT2D eigenvalue weighted by atomic mass is 16.3. The van der Waals surface area contributed by atoms with Gasteiger partial charge in [-0.2, -0.15) is 0 Å². The molecule has 0 aromatic heterocycles. The lowest BCUT2D eigenvalue weighted by Crippen LogP contribution is -2.56. The van der Waals surface area contributed by atoms with Crippen LogP contribution in [0.1, 0.15) is 65.2 Å². The molecule has 8 atom stereocenters. The zero-order valence-corrected chi connectivity index (χ0v) is 13.9. The first-order valence-corrected chi connectivity index (χ1v) is 9.22. The zero-order valence-electron chi connectivity index (χ0n) is 13.9. The van der Waals surface area contributed by atoms with E-state index in [0.717, 1.165) is 25.7 Å². The van der Waals surface area contributed by atoms with Crippen LogP contribution in [0.25, 0.3) is 0 Å². The monoisotopic (exact) mass is 306 g/mol. The van der Waals surface area contributed by atoms with Gasteiger partial charge < -0.3 is 10.2 Å². The van der Waals surface area contributed by atoms with Gasteiger partial charge in [-0.05, 0) is 73.5 Å². The van der Waals surface area contributed by atoms with E-state index >= 15 is 0 Å². The lowest BCUT2D eigenvalue weighted by Gasteiger charge is -2.59. The van der Waals surface area contributed by atoms with Gasteiger partial charge in [-0.1, -0.05) is 13.8 Å². The van der Waals surface area contributed by atoms with Crippen LogP contribution in [0.2, 0.25) is 0 Å². The van der Waals surface area contributed by atoms with E-state index in [0.29, 0.717) is 36.4 Å². The Morgan fingerprint density at radius 3 is 2.55 bits per heavy atom. The summed E-state index contributed by atoms with van der Waals surface area (Å²) in [5, 5.41) is 20.2. The Kier molecular flexibility index (Phi) is 3.30. The molecule has 0 saturated heterocycles. The SMILES string of the molecule is C[C@]12CC[C@H]3[C@@H](CC(=O)[C@H]4C[C@H](O)CC[C@@]43C)[C@@H]1C[C@H](O)C2. The number of carbonyl (C=O) groups is 1. The van der Waals surface area contributed by atoms with Crippen molar-refractivity contribution >= 4 is 5.78 Å². The van der Waals surface area contributed by atoms with Gasteiger partial charge in [0.05, 0.1) is 12.2 Å². The van der Waals surface area contributed by atoms with Gasteiger partial charge in [-0.25, -0.2) is 0 Å². The second-order valence-corrected chi connectivity index (χ2v) is 9.32. The summed E-state index contributed by atoms with van der Waals surface area (Å²) in [6, 6.07) is 0. The summed E-state index contributed by atoms with van der Waals surface area (Å²) < 4.78 is 0. The van der Waals surface area contributed by atoms with E-state index in [1.54, 1.807) is 0 Å². The number of rotatable bonds is 0. The average molecular weight is 306 g/mol. The number of aliphatic hydroxyl groups is 2. The summed E-state index contributed by atoms with van der Waals surface area (Å²) in [6.07, 6.45) is 7.03. The molecule has 0 spiro atoms. The highest BCUT2D eigenvalue weighted by molar-refractivity contribution is 5.83. The predicted molar refractivity (Wildman–Crippen MR) is 84.1 cm³/mol. The Morgan fingerprint density at radius 2 is 1.77 bits per heavy atom. The Labute approximate surface area is 133 Å². The first-order valence-electron chi connectivity index (χ1n) is 9.22. The van der Waals surface area contributed by atoms with Crippen LogP contribution in [0, 0.1) is 34.5 Å². The van der Waals surface area contributed by atoms with E-state index < -0.39 is 0 Å². The molecule has 3 nitrogen and oxygen atoms in total. The normalized spacial score (nSPS) is 57.9. The summed E-state index contributed by atoms with van der Waals surface area (Å²) in [5.41, 5.74) is 0.340. The Hall–Kier alpha value is -0.410. The minimum atomic E-state index is -0.277. The van der Waals surface area contributed by atoms with Crippen LogP contribution in [0.15, 0.2) is 0 Å². The third-order valence-corrected chi connectivity index (χ3v) is 8.18. The lowest BCUT2D eigenvalue weighted by atomic mass is 9.45. The smallest absolute Gasteiger partial charge is 0.136 e. The molecule has 3 heteroatoms. The summed E-state index contributed by atoms with van der Waals surface area (Å²) in [4.78, 5) is 12.8. The lowest BCUT2D eigenvalue weighted by molar-refractivity contribution is -0.157. The van der Waals surface area contributed by atoms with Crippen LogP contribution < -0.4 is 0 Å². The fourth-order valence-electron chi connectivity index (χ4n) is 7.04. The molecule has 0 heterocycles. The minimum Gasteiger partial charge on any atom is -0.393 e. The molecule has 124 valence electrons. The van der Waals surface area contributed by atoms with Crippen LogP contribution in [0.4, 0.5) is 0 Å². The first-order chi connectivity index (χ1) is 10.3. The second kappa shape index (κ2) is 4.80. The van der Waals surface area contributed by atoms with Crippen molar-refractivity contribution in [3.05, 3.63) is 0 Å². The largest absolute Gasteiger partial charge is 0.393 e. The molecule has 4 saturated carbocycles. The van der Waals surface area contributed by atoms with E-state index in [1.807, 2.05) is 0 Å². The maximum atomic E-state index is 12.8. The summed E-state index contributed by atoms with van der Waals surface area (Å²) in [6.45, 7) is 4.67. The van der Waals surface area contributed by atoms with Crippen molar-refractivity contribution < 1.29 is 15.0 Å². The molecule has 4 rings (SSSR count). The fourth-order valence-corrected chi connectivity index (χ4v) is 7.04. The number of hydrogen-bond donors (Lipinski definition) is 2. The minimum absolute atomic E-state index is 0.0770. The quantitative estimate of drug-likeness (QED) is 0.723. The molecular weight excluding hydrogens is 276 g/mol. The fraction of sp³-hybridized carbons (Fsp3) is 0.947. The van der Waals surface area contributed by atoms with Gasteiger partial charge in [-0.15, -0.1) is 0 Å². The van der Waals surface area contributed by atoms with E-state index in [1.165, 1.54) is 12.8 Å². The highest BCUT2D eigenvalue weighted by Gasteiger charge is 2.61. The molecule has 0 aromatic rings. The van der Waals surface area contributed by atoms with E-state index in [4.69, 9.17) is 0 Å². The topological polar surface area (TPSA) is 57.5 Å². The van der Waals surface area contributed by atoms with Crippen LogP contribution in [-0.4, -0.2) is 28.2 Å². The average Bonchev–Trinajstić information content (AvgIpc) is 2.76. The van der Waals surface area contributed by atoms with E-state index in [9.17, 15) is 15.0 Å². The molecule has 2 N–H and O–H groups in total. The maximum Gasteiger partial charge on any atom is 0.136 e. The van der Waals surface area contributed by atoms with Crippen molar-refractivity contribution in [1.29, 1.82) is 0 Å². The molecule has 4 aliphatic rings. The number of Topliss-reactive ketones (excluding diaryl/α,β-unsaturated/α-hetero) is 1. The Balaban J connectivity index is 1.67. The molecule has 0 aromatic carbocycles. The predicted octanol–water partition coefficient (Wildman–Crippen LogP) is 2.93. The third kappa shape index (κ3) is 1.97. The number of hydrogen-bond acceptors (Lipinski definition) is 3. The van der Waals surface area contributed by atoms with Crippen molar-refractivity contribution in [3.63, 3.8) is 0 Å². The zero-order chi connectivity index (χ0) is 15.7. The maximum absolute atomic E-state index is 12.8. The van der Waals surface area contributed by atoms with Gasteiger partial charge in [0.25, 0.3) is 0 Å². The van der Waals surface area contributed by atoms with E-state index in [-0.39, 0.29) is 29.0 Å². The van der Waals surface area contributed by atoms with Crippen molar-refractivity contribution in [2.45, 2.75) is 77.4 Å². The van der Waals surface area contributed by atoms with Crippen LogP contribution in [0.3, 0.4) is 0 Å². The van der Waals surface area contributed by atoms with Crippen molar-refractivity contribution in [1.82, 2.24) is 0 Å². The molecule has 0 bridgehead atoms. The Bertz CT molecular complexity index is 489. The van der Waals surface area contributed by atoms with Crippen LogP contribution in [0.5, 0.6) is 0 Å². The van der Waals surface area contributed by atoms with Gasteiger partial charge in [0.1, 0.15) is 5.78 Å². The van der Waals surface area contributed by atoms with E-state index in [2.05, 4.69) is 13.8 Å². The van der Waals surface area contributed by atoms with Crippen molar-refractivity contribution in [2.75, 3.05) is 0 Å². The third-order valence-electron chi connectivity index (χ3n) is 8.18. The summed E-state index contributed by atoms with van der Waals surface area (Å²) in [5.74, 6) is 2.09. The van der Waals surface area contributed by atoms with Gasteiger partial charge >= 0.3 is 0 Å². The Morgan fingerprint density at radius 1 is 1.00 bits per heavy atom. The van der Waals surface area contributed by atoms with Gasteiger partial charge in [0, 0.05) is 12.3 Å². The number of ketones is 1. The van der Waals surface area contributed by atoms with Crippen molar-refractivity contribution in [3.8, 4) is 0 Å². The standard InChI is InChI=1S/C19H30O3/c1-18-5-4-14-13(15(18)8-12(21)10-18)9-17(22)16-7-11(20)3-6-19(14,16)2/h11-16,20-21H,3-10H2,1-2H3/t11-,12+,13-,14+,15+,16-,18-,19-/m1/s1. The van der Waals surface area contributed by atoms with Gasteiger partial charge in [0.15, 0.2) is 0 Å². The number of carbonyl (C=O) groups excluding carboxylic acids is 1. The molecule has 22 heavy (non-hydrogen) atoms. The molecule has 4 aliphatic carbocycles. The molecule has 0 radical (unpaired) electrons. The van der Waals surface area contributed by atoms with Crippen molar-refractivity contribution in [2.24, 2.45) is 34.5 Å². The highest BCUT2D eigenvalue weighted by Crippen LogP contribution is 2.65. The van der Waals surface area contributed by atoms with Gasteiger partial charge in [-0.3, -0.25) is 4.79 Å². The number of aliphatic hydroxyl groups excluding tert-OH is 2. The summed E-state index contributed by atoms with van der Waals surface area (Å²) >= 11 is 0. The molecule has 0 aliphatic heterocycles. The van der Waals surface area contributed by atoms with Crippen LogP contribution in [-0.2, 0) is 4.79 Å². The molecule has 4 fully saturated rings. The van der Waals surface area contributed by atoms with Gasteiger partial charge in [0.2, 0.25) is 0 Å². The second-order valence-electron chi connectivity index (χ2n) is 9.32. The summed E-state index contributed by atoms with van der Waals surface area (Å²) in [7, 11) is 0. The molecule has 0 unspecified atom stereocenters.